The molecule has 0 spiro atoms. The van der Waals surface area contributed by atoms with E-state index in [-0.39, 0.29) is 12.0 Å². The molecule has 1 aliphatic rings. The van der Waals surface area contributed by atoms with Gasteiger partial charge in [0.2, 0.25) is 0 Å². The van der Waals surface area contributed by atoms with Crippen LogP contribution >= 0.6 is 7.60 Å². The molecule has 0 bridgehead atoms. The maximum atomic E-state index is 11.2. The Morgan fingerprint density at radius 3 is 2.82 bits per heavy atom. The van der Waals surface area contributed by atoms with Crippen LogP contribution in [0.3, 0.4) is 0 Å². The van der Waals surface area contributed by atoms with Crippen molar-refractivity contribution in [3.63, 3.8) is 0 Å². The highest BCUT2D eigenvalue weighted by atomic mass is 31.2. The van der Waals surface area contributed by atoms with Crippen molar-refractivity contribution in [3.05, 3.63) is 0 Å². The van der Waals surface area contributed by atoms with Gasteiger partial charge < -0.3 is 4.52 Å². The van der Waals surface area contributed by atoms with Crippen LogP contribution in [0, 0.1) is 18.3 Å². The van der Waals surface area contributed by atoms with Crippen LogP contribution in [0.15, 0.2) is 0 Å². The first kappa shape index (κ1) is 8.80. The van der Waals surface area contributed by atoms with Gasteiger partial charge in [-0.15, -0.1) is 6.42 Å². The topological polar surface area (TPSA) is 35.5 Å². The maximum absolute atomic E-state index is 11.2. The molecule has 0 radical (unpaired) electrons. The van der Waals surface area contributed by atoms with Crippen molar-refractivity contribution in [3.8, 4) is 12.3 Å². The van der Waals surface area contributed by atoms with Crippen molar-refractivity contribution in [1.82, 2.24) is 0 Å². The first-order valence-corrected chi connectivity index (χ1v) is 5.41. The molecule has 3 unspecified atom stereocenters. The summed E-state index contributed by atoms with van der Waals surface area (Å²) in [5.41, 5.74) is 0. The molecule has 0 saturated carbocycles. The summed E-state index contributed by atoms with van der Waals surface area (Å²) < 4.78 is 21.2. The summed E-state index contributed by atoms with van der Waals surface area (Å²) in [6, 6.07) is 0. The molecule has 1 fully saturated rings. The Hall–Kier alpha value is -0.290. The molecule has 0 amide bonds. The van der Waals surface area contributed by atoms with Crippen molar-refractivity contribution >= 4 is 7.60 Å². The van der Waals surface area contributed by atoms with Gasteiger partial charge in [-0.1, -0.05) is 12.8 Å². The first-order chi connectivity index (χ1) is 5.05. The van der Waals surface area contributed by atoms with Crippen LogP contribution in [0.4, 0.5) is 0 Å². The molecule has 1 saturated heterocycles. The molecule has 62 valence electrons. The van der Waals surface area contributed by atoms with E-state index in [1.165, 1.54) is 6.66 Å². The van der Waals surface area contributed by atoms with Crippen molar-refractivity contribution < 1.29 is 13.6 Å². The molecule has 3 nitrogen and oxygen atoms in total. The third-order valence-electron chi connectivity index (χ3n) is 1.56. The highest BCUT2D eigenvalue weighted by molar-refractivity contribution is 7.53. The molecular formula is C7H11O3P. The normalized spacial score (nSPS) is 44.8. The average molecular weight is 174 g/mol. The van der Waals surface area contributed by atoms with Gasteiger partial charge in [-0.25, -0.2) is 0 Å². The Morgan fingerprint density at radius 1 is 1.73 bits per heavy atom. The highest BCUT2D eigenvalue weighted by Crippen LogP contribution is 2.49. The SMILES string of the molecule is C#CC1OP(C)(=O)OCC1C. The lowest BCUT2D eigenvalue weighted by atomic mass is 10.1. The van der Waals surface area contributed by atoms with Crippen LogP contribution < -0.4 is 0 Å². The Morgan fingerprint density at radius 2 is 2.36 bits per heavy atom. The molecule has 3 atom stereocenters. The van der Waals surface area contributed by atoms with E-state index in [1.807, 2.05) is 6.92 Å². The summed E-state index contributed by atoms with van der Waals surface area (Å²) in [5.74, 6) is 2.56. The summed E-state index contributed by atoms with van der Waals surface area (Å²) in [7, 11) is -2.84. The predicted molar refractivity (Wildman–Crippen MR) is 42.4 cm³/mol. The van der Waals surface area contributed by atoms with Gasteiger partial charge in [0.25, 0.3) is 0 Å². The Kier molecular flexibility index (Phi) is 2.39. The molecule has 0 aromatic carbocycles. The van der Waals surface area contributed by atoms with E-state index < -0.39 is 7.60 Å². The number of rotatable bonds is 0. The van der Waals surface area contributed by atoms with E-state index in [0.717, 1.165) is 0 Å². The number of hydrogen-bond acceptors (Lipinski definition) is 3. The lowest BCUT2D eigenvalue weighted by Crippen LogP contribution is -2.27. The van der Waals surface area contributed by atoms with E-state index >= 15 is 0 Å². The molecule has 1 rings (SSSR count). The van der Waals surface area contributed by atoms with Gasteiger partial charge in [-0.05, 0) is 0 Å². The number of hydrogen-bond donors (Lipinski definition) is 0. The highest BCUT2D eigenvalue weighted by Gasteiger charge is 2.32. The predicted octanol–water partition coefficient (Wildman–Crippen LogP) is 1.49. The monoisotopic (exact) mass is 174 g/mol. The summed E-state index contributed by atoms with van der Waals surface area (Å²) in [4.78, 5) is 0. The maximum Gasteiger partial charge on any atom is 0.328 e. The van der Waals surface area contributed by atoms with Crippen molar-refractivity contribution in [2.24, 2.45) is 5.92 Å². The lowest BCUT2D eigenvalue weighted by molar-refractivity contribution is 0.0689. The zero-order valence-corrected chi connectivity index (χ0v) is 7.51. The Labute approximate surface area is 66.6 Å². The molecule has 11 heavy (non-hydrogen) atoms. The Bertz CT molecular complexity index is 230. The van der Waals surface area contributed by atoms with Gasteiger partial charge in [0.15, 0.2) is 0 Å². The van der Waals surface area contributed by atoms with Gasteiger partial charge in [0.1, 0.15) is 6.10 Å². The van der Waals surface area contributed by atoms with Crippen LogP contribution in [0.2, 0.25) is 0 Å². The summed E-state index contributed by atoms with van der Waals surface area (Å²) in [6.45, 7) is 3.76. The fourth-order valence-corrected chi connectivity index (χ4v) is 2.12. The van der Waals surface area contributed by atoms with Crippen LogP contribution in [-0.4, -0.2) is 19.4 Å². The lowest BCUT2D eigenvalue weighted by Gasteiger charge is -2.29. The van der Waals surface area contributed by atoms with Crippen LogP contribution in [0.25, 0.3) is 0 Å². The van der Waals surface area contributed by atoms with E-state index in [0.29, 0.717) is 6.61 Å². The van der Waals surface area contributed by atoms with Gasteiger partial charge >= 0.3 is 7.60 Å². The second-order valence-corrected chi connectivity index (χ2v) is 4.75. The van der Waals surface area contributed by atoms with Gasteiger partial charge in [-0.3, -0.25) is 9.09 Å². The molecule has 0 aromatic heterocycles. The summed E-state index contributed by atoms with van der Waals surface area (Å²) >= 11 is 0. The molecule has 1 heterocycles. The zero-order valence-electron chi connectivity index (χ0n) is 6.61. The minimum absolute atomic E-state index is 0.127. The van der Waals surface area contributed by atoms with E-state index in [9.17, 15) is 4.57 Å². The first-order valence-electron chi connectivity index (χ1n) is 3.42. The quantitative estimate of drug-likeness (QED) is 0.412. The van der Waals surface area contributed by atoms with E-state index in [2.05, 4.69) is 5.92 Å². The molecule has 1 aliphatic heterocycles. The van der Waals surface area contributed by atoms with Gasteiger partial charge in [-0.2, -0.15) is 0 Å². The van der Waals surface area contributed by atoms with Crippen molar-refractivity contribution in [1.29, 1.82) is 0 Å². The molecular weight excluding hydrogens is 163 g/mol. The van der Waals surface area contributed by atoms with Crippen LogP contribution in [0.5, 0.6) is 0 Å². The fraction of sp³-hybridized carbons (Fsp3) is 0.714. The fourth-order valence-electron chi connectivity index (χ4n) is 0.876. The third kappa shape index (κ3) is 2.07. The van der Waals surface area contributed by atoms with Crippen molar-refractivity contribution in [2.75, 3.05) is 13.3 Å². The summed E-state index contributed by atoms with van der Waals surface area (Å²) in [6.07, 6.45) is 4.80. The smallest absolute Gasteiger partial charge is 0.308 e. The molecule has 0 aliphatic carbocycles. The minimum Gasteiger partial charge on any atom is -0.308 e. The number of terminal acetylenes is 1. The molecule has 0 aromatic rings. The van der Waals surface area contributed by atoms with Crippen LogP contribution in [-0.2, 0) is 13.6 Å². The van der Waals surface area contributed by atoms with Gasteiger partial charge in [0.05, 0.1) is 6.61 Å². The average Bonchev–Trinajstić information content (AvgIpc) is 1.94. The third-order valence-corrected chi connectivity index (χ3v) is 2.79. The minimum atomic E-state index is -2.84. The Balaban J connectivity index is 2.68. The van der Waals surface area contributed by atoms with E-state index in [4.69, 9.17) is 15.5 Å². The van der Waals surface area contributed by atoms with E-state index in [1.54, 1.807) is 0 Å². The van der Waals surface area contributed by atoms with Crippen molar-refractivity contribution in [2.45, 2.75) is 13.0 Å². The standard InChI is InChI=1S/C7H11O3P/c1-4-7-6(2)5-9-11(3,8)10-7/h1,6-7H,5H2,2-3H3. The largest absolute Gasteiger partial charge is 0.328 e. The van der Waals surface area contributed by atoms with Crippen LogP contribution in [0.1, 0.15) is 6.92 Å². The molecule has 4 heteroatoms. The molecule has 0 N–H and O–H groups in total. The second-order valence-electron chi connectivity index (χ2n) is 2.74. The zero-order chi connectivity index (χ0) is 8.48. The second kappa shape index (κ2) is 2.98. The summed E-state index contributed by atoms with van der Waals surface area (Å²) in [5, 5.41) is 0. The van der Waals surface area contributed by atoms with Gasteiger partial charge in [0, 0.05) is 12.6 Å².